The van der Waals surface area contributed by atoms with E-state index in [-0.39, 0.29) is 18.5 Å². The summed E-state index contributed by atoms with van der Waals surface area (Å²) in [4.78, 5) is 24.0. The number of carbonyl (C=O) groups is 2. The van der Waals surface area contributed by atoms with Crippen molar-refractivity contribution in [2.24, 2.45) is 0 Å². The maximum atomic E-state index is 12.0. The van der Waals surface area contributed by atoms with Gasteiger partial charge in [-0.3, -0.25) is 9.59 Å². The van der Waals surface area contributed by atoms with Crippen LogP contribution in [0.3, 0.4) is 0 Å². The smallest absolute Gasteiger partial charge is 0.323 e. The lowest BCUT2D eigenvalue weighted by atomic mass is 10.2. The molecule has 0 saturated carbocycles. The number of aliphatic carboxylic acids is 1. The van der Waals surface area contributed by atoms with Crippen LogP contribution in [0, 0.1) is 0 Å². The second-order valence-electron chi connectivity index (χ2n) is 4.04. The Balaban J connectivity index is 2.61. The molecule has 0 spiro atoms. The summed E-state index contributed by atoms with van der Waals surface area (Å²) < 4.78 is 5.18. The van der Waals surface area contributed by atoms with E-state index in [9.17, 15) is 9.59 Å². The van der Waals surface area contributed by atoms with Gasteiger partial charge in [0.2, 0.25) is 5.91 Å². The van der Waals surface area contributed by atoms with Crippen molar-refractivity contribution in [1.29, 1.82) is 0 Å². The monoisotopic (exact) mass is 230 g/mol. The normalized spacial score (nSPS) is 20.8. The van der Waals surface area contributed by atoms with Crippen LogP contribution >= 0.6 is 0 Å². The molecule has 2 N–H and O–H groups in total. The van der Waals surface area contributed by atoms with Crippen LogP contribution in [0.4, 0.5) is 0 Å². The number of ether oxygens (including phenoxy) is 1. The molecule has 1 aliphatic heterocycles. The zero-order valence-corrected chi connectivity index (χ0v) is 9.60. The number of carbonyl (C=O) groups excluding carboxylic acids is 1. The van der Waals surface area contributed by atoms with E-state index >= 15 is 0 Å². The van der Waals surface area contributed by atoms with E-state index in [0.29, 0.717) is 19.8 Å². The molecule has 0 aromatic heterocycles. The molecule has 92 valence electrons. The van der Waals surface area contributed by atoms with Crippen LogP contribution in [-0.4, -0.2) is 60.3 Å². The minimum absolute atomic E-state index is 0.132. The number of carboxylic acids is 1. The second-order valence-corrected chi connectivity index (χ2v) is 4.04. The molecule has 6 nitrogen and oxygen atoms in total. The van der Waals surface area contributed by atoms with Crippen molar-refractivity contribution in [3.8, 4) is 0 Å². The number of carboxylic acid groups (broad SMARTS) is 1. The second kappa shape index (κ2) is 5.81. The largest absolute Gasteiger partial charge is 0.480 e. The van der Waals surface area contributed by atoms with E-state index in [2.05, 4.69) is 5.32 Å². The Hall–Kier alpha value is -1.14. The first kappa shape index (κ1) is 12.9. The zero-order valence-electron chi connectivity index (χ0n) is 9.60. The highest BCUT2D eigenvalue weighted by Crippen LogP contribution is 2.04. The van der Waals surface area contributed by atoms with Crippen molar-refractivity contribution < 1.29 is 19.4 Å². The van der Waals surface area contributed by atoms with Crippen molar-refractivity contribution in [3.63, 3.8) is 0 Å². The van der Waals surface area contributed by atoms with E-state index in [1.165, 1.54) is 4.90 Å². The Labute approximate surface area is 94.6 Å². The summed E-state index contributed by atoms with van der Waals surface area (Å²) in [6, 6.07) is -0.553. The summed E-state index contributed by atoms with van der Waals surface area (Å²) in [5, 5.41) is 11.8. The van der Waals surface area contributed by atoms with Gasteiger partial charge in [0, 0.05) is 12.6 Å². The van der Waals surface area contributed by atoms with Gasteiger partial charge in [-0.25, -0.2) is 0 Å². The van der Waals surface area contributed by atoms with Crippen LogP contribution in [-0.2, 0) is 14.3 Å². The van der Waals surface area contributed by atoms with Crippen LogP contribution < -0.4 is 5.32 Å². The van der Waals surface area contributed by atoms with Crippen LogP contribution in [0.1, 0.15) is 13.8 Å². The van der Waals surface area contributed by atoms with E-state index in [0.717, 1.165) is 0 Å². The third kappa shape index (κ3) is 3.46. The van der Waals surface area contributed by atoms with E-state index < -0.39 is 12.0 Å². The molecule has 16 heavy (non-hydrogen) atoms. The first-order chi connectivity index (χ1) is 7.52. The third-order valence-electron chi connectivity index (χ3n) is 2.43. The van der Waals surface area contributed by atoms with Gasteiger partial charge in [-0.2, -0.15) is 0 Å². The Morgan fingerprint density at radius 2 is 2.25 bits per heavy atom. The highest BCUT2D eigenvalue weighted by atomic mass is 16.5. The Bertz CT molecular complexity index is 262. The lowest BCUT2D eigenvalue weighted by molar-refractivity contribution is -0.148. The van der Waals surface area contributed by atoms with Gasteiger partial charge in [0.05, 0.1) is 13.2 Å². The average molecular weight is 230 g/mol. The highest BCUT2D eigenvalue weighted by Gasteiger charge is 2.28. The van der Waals surface area contributed by atoms with Gasteiger partial charge >= 0.3 is 5.97 Å². The molecular formula is C10H18N2O4. The number of rotatable bonds is 4. The van der Waals surface area contributed by atoms with Gasteiger partial charge in [0.15, 0.2) is 0 Å². The molecule has 1 atom stereocenters. The fraction of sp³-hybridized carbons (Fsp3) is 0.800. The number of nitrogens with one attached hydrogen (secondary N) is 1. The summed E-state index contributed by atoms with van der Waals surface area (Å²) in [5.41, 5.74) is 0. The van der Waals surface area contributed by atoms with E-state index in [1.807, 2.05) is 0 Å². The topological polar surface area (TPSA) is 78.9 Å². The minimum Gasteiger partial charge on any atom is -0.480 e. The molecule has 0 aliphatic carbocycles. The fourth-order valence-corrected chi connectivity index (χ4v) is 1.58. The number of hydrogen-bond acceptors (Lipinski definition) is 4. The molecule has 1 aliphatic rings. The summed E-state index contributed by atoms with van der Waals surface area (Å²) in [6.45, 7) is 4.84. The Morgan fingerprint density at radius 3 is 2.69 bits per heavy atom. The summed E-state index contributed by atoms with van der Waals surface area (Å²) in [6.07, 6.45) is 0. The van der Waals surface area contributed by atoms with Crippen LogP contribution in [0.2, 0.25) is 0 Å². The zero-order chi connectivity index (χ0) is 12.1. The van der Waals surface area contributed by atoms with Gasteiger partial charge < -0.3 is 20.1 Å². The predicted molar refractivity (Wildman–Crippen MR) is 57.1 cm³/mol. The van der Waals surface area contributed by atoms with Gasteiger partial charge in [-0.15, -0.1) is 0 Å². The minimum atomic E-state index is -1.00. The number of amides is 1. The van der Waals surface area contributed by atoms with E-state index in [1.54, 1.807) is 13.8 Å². The lowest BCUT2D eigenvalue weighted by Gasteiger charge is -2.31. The molecule has 1 heterocycles. The van der Waals surface area contributed by atoms with Crippen molar-refractivity contribution in [1.82, 2.24) is 10.2 Å². The SMILES string of the molecule is CC(C)N(CC(=O)O)C(=O)C1COCCN1. The standard InChI is InChI=1S/C10H18N2O4/c1-7(2)12(5-9(13)14)10(15)8-6-16-4-3-11-8/h7-8,11H,3-6H2,1-2H3,(H,13,14). The van der Waals surface area contributed by atoms with Crippen molar-refractivity contribution in [3.05, 3.63) is 0 Å². The molecule has 6 heteroatoms. The van der Waals surface area contributed by atoms with Crippen molar-refractivity contribution >= 4 is 11.9 Å². The van der Waals surface area contributed by atoms with Gasteiger partial charge in [0.1, 0.15) is 12.6 Å². The molecule has 0 aromatic rings. The molecule has 0 aromatic carbocycles. The van der Waals surface area contributed by atoms with Gasteiger partial charge in [-0.1, -0.05) is 0 Å². The Morgan fingerprint density at radius 1 is 1.56 bits per heavy atom. The van der Waals surface area contributed by atoms with Gasteiger partial charge in [0.25, 0.3) is 0 Å². The predicted octanol–water partition coefficient (Wildman–Crippen LogP) is -0.704. The van der Waals surface area contributed by atoms with Gasteiger partial charge in [-0.05, 0) is 13.8 Å². The molecule has 1 saturated heterocycles. The third-order valence-corrected chi connectivity index (χ3v) is 2.43. The van der Waals surface area contributed by atoms with Crippen LogP contribution in [0.25, 0.3) is 0 Å². The molecule has 1 amide bonds. The molecule has 1 rings (SSSR count). The molecule has 0 radical (unpaired) electrons. The fourth-order valence-electron chi connectivity index (χ4n) is 1.58. The lowest BCUT2D eigenvalue weighted by Crippen LogP contribution is -2.55. The number of hydrogen-bond donors (Lipinski definition) is 2. The first-order valence-corrected chi connectivity index (χ1v) is 5.35. The van der Waals surface area contributed by atoms with Crippen LogP contribution in [0.15, 0.2) is 0 Å². The summed E-state index contributed by atoms with van der Waals surface area (Å²) in [7, 11) is 0. The number of nitrogens with zero attached hydrogens (tertiary/aromatic N) is 1. The molecule has 1 unspecified atom stereocenters. The average Bonchev–Trinajstić information content (AvgIpc) is 2.25. The molecule has 1 fully saturated rings. The molecular weight excluding hydrogens is 212 g/mol. The van der Waals surface area contributed by atoms with E-state index in [4.69, 9.17) is 9.84 Å². The quantitative estimate of drug-likeness (QED) is 0.667. The Kier molecular flexibility index (Phi) is 4.70. The van der Waals surface area contributed by atoms with Crippen molar-refractivity contribution in [2.45, 2.75) is 25.9 Å². The highest BCUT2D eigenvalue weighted by molar-refractivity contribution is 5.85. The summed E-state index contributed by atoms with van der Waals surface area (Å²) in [5.74, 6) is -1.21. The molecule has 0 bridgehead atoms. The first-order valence-electron chi connectivity index (χ1n) is 5.35. The number of morpholine rings is 1. The maximum absolute atomic E-state index is 12.0. The summed E-state index contributed by atoms with van der Waals surface area (Å²) >= 11 is 0. The van der Waals surface area contributed by atoms with Crippen molar-refractivity contribution in [2.75, 3.05) is 26.3 Å². The maximum Gasteiger partial charge on any atom is 0.323 e. The van der Waals surface area contributed by atoms with Crippen LogP contribution in [0.5, 0.6) is 0 Å².